The molecule has 0 heterocycles. The van der Waals surface area contributed by atoms with E-state index in [9.17, 15) is 0 Å². The Balaban J connectivity index is 1.20. The van der Waals surface area contributed by atoms with Crippen LogP contribution in [0.4, 0.5) is 5.69 Å². The topological polar surface area (TPSA) is 12.5 Å². The van der Waals surface area contributed by atoms with Crippen molar-refractivity contribution in [2.45, 2.75) is 64.0 Å². The summed E-state index contributed by atoms with van der Waals surface area (Å²) in [4.78, 5) is 2.59. The molecule has 1 fully saturated rings. The fourth-order valence-corrected chi connectivity index (χ4v) is 6.56. The van der Waals surface area contributed by atoms with Crippen molar-refractivity contribution in [2.75, 3.05) is 18.6 Å². The van der Waals surface area contributed by atoms with Gasteiger partial charge in [-0.2, -0.15) is 0 Å². The lowest BCUT2D eigenvalue weighted by Gasteiger charge is -2.32. The number of aryl methyl sites for hydroxylation is 1. The molecule has 0 saturated heterocycles. The SMILES string of the molecule is CN(c1cccc2ccc3c(c12)CCC1=C3C=CC(CCOCc2ccccc2)C1)C1CCCC1. The van der Waals surface area contributed by atoms with E-state index in [-0.39, 0.29) is 0 Å². The molecule has 180 valence electrons. The fourth-order valence-electron chi connectivity index (χ4n) is 6.56. The van der Waals surface area contributed by atoms with E-state index in [1.807, 2.05) is 0 Å². The van der Waals surface area contributed by atoms with Crippen LogP contribution in [0.1, 0.15) is 61.6 Å². The van der Waals surface area contributed by atoms with Gasteiger partial charge in [0.25, 0.3) is 0 Å². The average molecular weight is 464 g/mol. The molecule has 0 aromatic heterocycles. The molecule has 3 aromatic rings. The van der Waals surface area contributed by atoms with Crippen LogP contribution in [0.2, 0.25) is 0 Å². The summed E-state index contributed by atoms with van der Waals surface area (Å²) >= 11 is 0. The maximum absolute atomic E-state index is 5.99. The number of hydrogen-bond acceptors (Lipinski definition) is 2. The molecule has 0 bridgehead atoms. The molecule has 0 spiro atoms. The number of ether oxygens (including phenoxy) is 1. The van der Waals surface area contributed by atoms with Gasteiger partial charge in [0.2, 0.25) is 0 Å². The highest BCUT2D eigenvalue weighted by molar-refractivity contribution is 6.01. The summed E-state index contributed by atoms with van der Waals surface area (Å²) in [6.07, 6.45) is 14.9. The molecule has 1 unspecified atom stereocenters. The lowest BCUT2D eigenvalue weighted by atomic mass is 9.76. The molecule has 3 aromatic carbocycles. The summed E-state index contributed by atoms with van der Waals surface area (Å²) in [5.74, 6) is 0.593. The molecule has 2 heteroatoms. The van der Waals surface area contributed by atoms with Gasteiger partial charge in [-0.25, -0.2) is 0 Å². The normalized spacial score (nSPS) is 19.7. The van der Waals surface area contributed by atoms with Gasteiger partial charge >= 0.3 is 0 Å². The zero-order valence-electron chi connectivity index (χ0n) is 21.0. The van der Waals surface area contributed by atoms with Crippen molar-refractivity contribution < 1.29 is 4.74 Å². The Bertz CT molecular complexity index is 1250. The Kier molecular flexibility index (Phi) is 6.48. The quantitative estimate of drug-likeness (QED) is 0.328. The van der Waals surface area contributed by atoms with Gasteiger partial charge in [0.1, 0.15) is 0 Å². The van der Waals surface area contributed by atoms with Crippen molar-refractivity contribution in [2.24, 2.45) is 5.92 Å². The third-order valence-corrected chi connectivity index (χ3v) is 8.52. The van der Waals surface area contributed by atoms with Gasteiger partial charge in [0.15, 0.2) is 0 Å². The Hall–Kier alpha value is -2.84. The number of benzene rings is 3. The first-order valence-corrected chi connectivity index (χ1v) is 13.6. The van der Waals surface area contributed by atoms with Crippen molar-refractivity contribution in [1.29, 1.82) is 0 Å². The minimum absolute atomic E-state index is 0.593. The van der Waals surface area contributed by atoms with Gasteiger partial charge in [-0.15, -0.1) is 0 Å². The molecule has 2 nitrogen and oxygen atoms in total. The largest absolute Gasteiger partial charge is 0.377 e. The summed E-state index contributed by atoms with van der Waals surface area (Å²) in [6, 6.07) is 22.8. The first kappa shape index (κ1) is 22.6. The molecule has 35 heavy (non-hydrogen) atoms. The number of allylic oxidation sites excluding steroid dienone is 4. The number of nitrogens with zero attached hydrogens (tertiary/aromatic N) is 1. The standard InChI is InChI=1S/C33H37NO/c1-34(28-11-5-6-12-28)32-13-7-10-26-15-18-30-29-17-14-24(22-27(29)16-19-31(30)33(26)32)20-21-35-23-25-8-3-2-4-9-25/h2-4,7-10,13-15,17-18,24,28H,5-6,11-12,16,19-23H2,1H3. The maximum Gasteiger partial charge on any atom is 0.0716 e. The van der Waals surface area contributed by atoms with E-state index in [2.05, 4.69) is 84.8 Å². The molecular formula is C33H37NO. The lowest BCUT2D eigenvalue weighted by Crippen LogP contribution is -2.29. The van der Waals surface area contributed by atoms with Crippen LogP contribution in [-0.4, -0.2) is 19.7 Å². The smallest absolute Gasteiger partial charge is 0.0716 e. The van der Waals surface area contributed by atoms with Gasteiger partial charge in [0, 0.05) is 30.8 Å². The third kappa shape index (κ3) is 4.57. The minimum Gasteiger partial charge on any atom is -0.377 e. The summed E-state index contributed by atoms with van der Waals surface area (Å²) in [7, 11) is 2.32. The first-order chi connectivity index (χ1) is 17.3. The minimum atomic E-state index is 0.593. The van der Waals surface area contributed by atoms with Crippen LogP contribution >= 0.6 is 0 Å². The second-order valence-electron chi connectivity index (χ2n) is 10.7. The van der Waals surface area contributed by atoms with Gasteiger partial charge in [0.05, 0.1) is 6.61 Å². The van der Waals surface area contributed by atoms with Crippen molar-refractivity contribution in [3.8, 4) is 0 Å². The highest BCUT2D eigenvalue weighted by Gasteiger charge is 2.27. The summed E-state index contributed by atoms with van der Waals surface area (Å²) in [6.45, 7) is 1.54. The van der Waals surface area contributed by atoms with E-state index < -0.39 is 0 Å². The Morgan fingerprint density at radius 2 is 1.77 bits per heavy atom. The van der Waals surface area contributed by atoms with Gasteiger partial charge in [-0.1, -0.05) is 85.2 Å². The summed E-state index contributed by atoms with van der Waals surface area (Å²) in [5.41, 5.74) is 8.87. The van der Waals surface area contributed by atoms with Gasteiger partial charge in [-0.3, -0.25) is 0 Å². The molecule has 0 amide bonds. The van der Waals surface area contributed by atoms with E-state index >= 15 is 0 Å². The molecule has 6 rings (SSSR count). The van der Waals surface area contributed by atoms with Crippen LogP contribution < -0.4 is 4.90 Å². The van der Waals surface area contributed by atoms with Crippen LogP contribution in [-0.2, 0) is 17.8 Å². The molecule has 3 aliphatic carbocycles. The second-order valence-corrected chi connectivity index (χ2v) is 10.7. The zero-order chi connectivity index (χ0) is 23.6. The highest BCUT2D eigenvalue weighted by atomic mass is 16.5. The van der Waals surface area contributed by atoms with Crippen LogP contribution in [0.25, 0.3) is 16.3 Å². The predicted octanol–water partition coefficient (Wildman–Crippen LogP) is 8.10. The lowest BCUT2D eigenvalue weighted by molar-refractivity contribution is 0.111. The van der Waals surface area contributed by atoms with Crippen molar-refractivity contribution in [1.82, 2.24) is 0 Å². The highest BCUT2D eigenvalue weighted by Crippen LogP contribution is 2.44. The first-order valence-electron chi connectivity index (χ1n) is 13.6. The number of rotatable bonds is 7. The van der Waals surface area contributed by atoms with Crippen molar-refractivity contribution in [3.63, 3.8) is 0 Å². The molecule has 3 aliphatic rings. The number of hydrogen-bond donors (Lipinski definition) is 0. The summed E-state index contributed by atoms with van der Waals surface area (Å²) in [5, 5.41) is 2.89. The van der Waals surface area contributed by atoms with Crippen LogP contribution in [0.5, 0.6) is 0 Å². The van der Waals surface area contributed by atoms with E-state index in [1.54, 1.807) is 11.1 Å². The van der Waals surface area contributed by atoms with Crippen molar-refractivity contribution >= 4 is 22.0 Å². The molecule has 1 atom stereocenters. The number of fused-ring (bicyclic) bond motifs is 4. The molecule has 1 saturated carbocycles. The summed E-state index contributed by atoms with van der Waals surface area (Å²) < 4.78 is 5.99. The second kappa shape index (κ2) is 10.0. The monoisotopic (exact) mass is 463 g/mol. The van der Waals surface area contributed by atoms with Crippen molar-refractivity contribution in [3.05, 3.63) is 95.1 Å². The average Bonchev–Trinajstić information content (AvgIpc) is 3.45. The molecule has 0 N–H and O–H groups in total. The van der Waals surface area contributed by atoms with Gasteiger partial charge in [-0.05, 0) is 78.2 Å². The molecular weight excluding hydrogens is 426 g/mol. The van der Waals surface area contributed by atoms with Crippen LogP contribution in [0, 0.1) is 5.92 Å². The van der Waals surface area contributed by atoms with Gasteiger partial charge < -0.3 is 9.64 Å². The van der Waals surface area contributed by atoms with E-state index in [0.29, 0.717) is 18.6 Å². The third-order valence-electron chi connectivity index (χ3n) is 8.52. The van der Waals surface area contributed by atoms with E-state index in [0.717, 1.165) is 19.4 Å². The van der Waals surface area contributed by atoms with E-state index in [4.69, 9.17) is 4.74 Å². The maximum atomic E-state index is 5.99. The number of anilines is 1. The van der Waals surface area contributed by atoms with Crippen LogP contribution in [0.15, 0.2) is 78.4 Å². The fraction of sp³-hybridized carbons (Fsp3) is 0.394. The Morgan fingerprint density at radius 3 is 2.63 bits per heavy atom. The molecule has 0 radical (unpaired) electrons. The van der Waals surface area contributed by atoms with Crippen LogP contribution in [0.3, 0.4) is 0 Å². The Morgan fingerprint density at radius 1 is 0.914 bits per heavy atom. The Labute approximate surface area is 210 Å². The molecule has 0 aliphatic heterocycles. The zero-order valence-corrected chi connectivity index (χ0v) is 21.0. The van der Waals surface area contributed by atoms with E-state index in [1.165, 1.54) is 71.7 Å². The predicted molar refractivity (Wildman–Crippen MR) is 148 cm³/mol.